The second-order valence-electron chi connectivity index (χ2n) is 4.72. The Morgan fingerprint density at radius 1 is 1.13 bits per heavy atom. The molecule has 0 aliphatic carbocycles. The number of carbonyl (C=O) groups excluding carboxylic acids is 1. The normalized spacial score (nSPS) is 10.6. The summed E-state index contributed by atoms with van der Waals surface area (Å²) in [5, 5.41) is 4.54. The molecule has 1 N–H and O–H groups in total. The molecule has 5 nitrogen and oxygen atoms in total. The molecule has 0 aliphatic rings. The molecule has 0 atom stereocenters. The number of nitrogens with zero attached hydrogens (tertiary/aromatic N) is 1. The summed E-state index contributed by atoms with van der Waals surface area (Å²) in [7, 11) is 3.17. The topological polar surface area (TPSA) is 59.9 Å². The highest BCUT2D eigenvalue weighted by Gasteiger charge is 2.10. The van der Waals surface area contributed by atoms with Crippen LogP contribution in [0.4, 0.5) is 0 Å². The van der Waals surface area contributed by atoms with Crippen molar-refractivity contribution in [2.75, 3.05) is 14.2 Å². The van der Waals surface area contributed by atoms with Gasteiger partial charge in [0.15, 0.2) is 0 Å². The zero-order valence-corrected chi connectivity index (χ0v) is 13.8. The standard InChI is InChI=1S/C17H17ClN2O3/c1-11-15(22-2)9-6-13(16(11)23-3)10-19-20-17(21)12-4-7-14(18)8-5-12/h4-10H,1-3H3,(H,20,21)/b19-10-. The van der Waals surface area contributed by atoms with E-state index in [-0.39, 0.29) is 5.91 Å². The Labute approximate surface area is 139 Å². The predicted molar refractivity (Wildman–Crippen MR) is 90.8 cm³/mol. The number of amides is 1. The quantitative estimate of drug-likeness (QED) is 0.674. The minimum Gasteiger partial charge on any atom is -0.496 e. The van der Waals surface area contributed by atoms with Crippen molar-refractivity contribution in [1.29, 1.82) is 0 Å². The molecule has 0 radical (unpaired) electrons. The van der Waals surface area contributed by atoms with Gasteiger partial charge in [-0.05, 0) is 43.3 Å². The van der Waals surface area contributed by atoms with E-state index in [9.17, 15) is 4.79 Å². The lowest BCUT2D eigenvalue weighted by Crippen LogP contribution is -2.17. The number of hydrogen-bond acceptors (Lipinski definition) is 4. The largest absolute Gasteiger partial charge is 0.496 e. The Hall–Kier alpha value is -2.53. The van der Waals surface area contributed by atoms with E-state index in [1.54, 1.807) is 38.5 Å². The first-order valence-electron chi connectivity index (χ1n) is 6.87. The Morgan fingerprint density at radius 2 is 1.83 bits per heavy atom. The summed E-state index contributed by atoms with van der Waals surface area (Å²) >= 11 is 5.79. The minimum absolute atomic E-state index is 0.317. The highest BCUT2D eigenvalue weighted by Crippen LogP contribution is 2.30. The van der Waals surface area contributed by atoms with Gasteiger partial charge in [-0.25, -0.2) is 5.43 Å². The Balaban J connectivity index is 2.13. The number of ether oxygens (including phenoxy) is 2. The molecule has 0 unspecified atom stereocenters. The van der Waals surface area contributed by atoms with Crippen LogP contribution in [0.5, 0.6) is 11.5 Å². The molecule has 0 fully saturated rings. The number of carbonyl (C=O) groups is 1. The number of hydrogen-bond donors (Lipinski definition) is 1. The second kappa shape index (κ2) is 7.65. The third-order valence-corrected chi connectivity index (χ3v) is 3.54. The van der Waals surface area contributed by atoms with E-state index < -0.39 is 0 Å². The first kappa shape index (κ1) is 16.8. The van der Waals surface area contributed by atoms with Crippen molar-refractivity contribution >= 4 is 23.7 Å². The van der Waals surface area contributed by atoms with Gasteiger partial charge < -0.3 is 9.47 Å². The molecule has 6 heteroatoms. The summed E-state index contributed by atoms with van der Waals surface area (Å²) in [5.74, 6) is 1.06. The van der Waals surface area contributed by atoms with Crippen LogP contribution in [-0.4, -0.2) is 26.3 Å². The average Bonchev–Trinajstić information content (AvgIpc) is 2.55. The van der Waals surface area contributed by atoms with Crippen LogP contribution in [0.15, 0.2) is 41.5 Å². The number of rotatable bonds is 5. The van der Waals surface area contributed by atoms with Gasteiger partial charge in [-0.2, -0.15) is 5.10 Å². The Morgan fingerprint density at radius 3 is 2.43 bits per heavy atom. The molecule has 0 saturated carbocycles. The lowest BCUT2D eigenvalue weighted by Gasteiger charge is -2.11. The van der Waals surface area contributed by atoms with Crippen molar-refractivity contribution in [3.05, 3.63) is 58.1 Å². The van der Waals surface area contributed by atoms with Gasteiger partial charge in [0.25, 0.3) is 5.91 Å². The van der Waals surface area contributed by atoms with Gasteiger partial charge in [-0.15, -0.1) is 0 Å². The molecule has 0 spiro atoms. The summed E-state index contributed by atoms with van der Waals surface area (Å²) in [6.45, 7) is 1.89. The van der Waals surface area contributed by atoms with E-state index >= 15 is 0 Å². The van der Waals surface area contributed by atoms with Crippen molar-refractivity contribution in [2.24, 2.45) is 5.10 Å². The minimum atomic E-state index is -0.317. The molecule has 120 valence electrons. The van der Waals surface area contributed by atoms with Crippen LogP contribution in [0.2, 0.25) is 5.02 Å². The summed E-state index contributed by atoms with van der Waals surface area (Å²) in [6, 6.07) is 10.2. The Bertz CT molecular complexity index is 727. The molecule has 23 heavy (non-hydrogen) atoms. The maximum Gasteiger partial charge on any atom is 0.271 e. The van der Waals surface area contributed by atoms with Crippen molar-refractivity contribution in [1.82, 2.24) is 5.43 Å². The smallest absolute Gasteiger partial charge is 0.271 e. The predicted octanol–water partition coefficient (Wildman–Crippen LogP) is 3.43. The first-order valence-corrected chi connectivity index (χ1v) is 7.25. The van der Waals surface area contributed by atoms with E-state index in [0.29, 0.717) is 16.3 Å². The van der Waals surface area contributed by atoms with Crippen LogP contribution >= 0.6 is 11.6 Å². The van der Waals surface area contributed by atoms with E-state index in [0.717, 1.165) is 16.9 Å². The van der Waals surface area contributed by atoms with Crippen LogP contribution in [0, 0.1) is 6.92 Å². The zero-order chi connectivity index (χ0) is 16.8. The van der Waals surface area contributed by atoms with Crippen molar-refractivity contribution in [3.8, 4) is 11.5 Å². The number of methoxy groups -OCH3 is 2. The third kappa shape index (κ3) is 4.02. The Kier molecular flexibility index (Phi) is 5.60. The van der Waals surface area contributed by atoms with Gasteiger partial charge in [0, 0.05) is 21.7 Å². The molecule has 0 heterocycles. The highest BCUT2D eigenvalue weighted by molar-refractivity contribution is 6.30. The highest BCUT2D eigenvalue weighted by atomic mass is 35.5. The van der Waals surface area contributed by atoms with Crippen molar-refractivity contribution < 1.29 is 14.3 Å². The fourth-order valence-corrected chi connectivity index (χ4v) is 2.24. The van der Waals surface area contributed by atoms with Gasteiger partial charge in [0.2, 0.25) is 0 Å². The molecular weight excluding hydrogens is 316 g/mol. The van der Waals surface area contributed by atoms with Gasteiger partial charge in [0.1, 0.15) is 11.5 Å². The summed E-state index contributed by atoms with van der Waals surface area (Å²) in [4.78, 5) is 11.9. The molecule has 0 bridgehead atoms. The van der Waals surface area contributed by atoms with E-state index in [2.05, 4.69) is 10.5 Å². The van der Waals surface area contributed by atoms with Gasteiger partial charge in [0.05, 0.1) is 20.4 Å². The van der Waals surface area contributed by atoms with E-state index in [1.165, 1.54) is 6.21 Å². The lowest BCUT2D eigenvalue weighted by atomic mass is 10.1. The van der Waals surface area contributed by atoms with Crippen LogP contribution < -0.4 is 14.9 Å². The summed E-state index contributed by atoms with van der Waals surface area (Å²) in [5.41, 5.74) is 4.55. The van der Waals surface area contributed by atoms with E-state index in [1.807, 2.05) is 19.1 Å². The molecule has 1 amide bonds. The molecule has 2 rings (SSSR count). The zero-order valence-electron chi connectivity index (χ0n) is 13.1. The maximum absolute atomic E-state index is 11.9. The lowest BCUT2D eigenvalue weighted by molar-refractivity contribution is 0.0955. The molecule has 0 aromatic heterocycles. The van der Waals surface area contributed by atoms with Crippen molar-refractivity contribution in [3.63, 3.8) is 0 Å². The second-order valence-corrected chi connectivity index (χ2v) is 5.16. The van der Waals surface area contributed by atoms with Crippen LogP contribution in [-0.2, 0) is 0 Å². The molecule has 0 aliphatic heterocycles. The number of hydrazone groups is 1. The monoisotopic (exact) mass is 332 g/mol. The van der Waals surface area contributed by atoms with Gasteiger partial charge >= 0.3 is 0 Å². The van der Waals surface area contributed by atoms with Crippen LogP contribution in [0.25, 0.3) is 0 Å². The number of nitrogens with one attached hydrogen (secondary N) is 1. The van der Waals surface area contributed by atoms with Crippen molar-refractivity contribution in [2.45, 2.75) is 6.92 Å². The number of halogens is 1. The third-order valence-electron chi connectivity index (χ3n) is 3.29. The van der Waals surface area contributed by atoms with Crippen LogP contribution in [0.1, 0.15) is 21.5 Å². The van der Waals surface area contributed by atoms with Gasteiger partial charge in [-0.1, -0.05) is 11.6 Å². The summed E-state index contributed by atoms with van der Waals surface area (Å²) < 4.78 is 10.6. The van der Waals surface area contributed by atoms with E-state index in [4.69, 9.17) is 21.1 Å². The molecule has 0 saturated heterocycles. The average molecular weight is 333 g/mol. The fraction of sp³-hybridized carbons (Fsp3) is 0.176. The first-order chi connectivity index (χ1) is 11.1. The molecule has 2 aromatic carbocycles. The summed E-state index contributed by atoms with van der Waals surface area (Å²) in [6.07, 6.45) is 1.53. The molecule has 2 aromatic rings. The molecular formula is C17H17ClN2O3. The van der Waals surface area contributed by atoms with Crippen LogP contribution in [0.3, 0.4) is 0 Å². The maximum atomic E-state index is 11.9. The van der Waals surface area contributed by atoms with Gasteiger partial charge in [-0.3, -0.25) is 4.79 Å². The fourth-order valence-electron chi connectivity index (χ4n) is 2.11. The number of benzene rings is 2. The SMILES string of the molecule is COc1ccc(/C=N\NC(=O)c2ccc(Cl)cc2)c(OC)c1C.